The van der Waals surface area contributed by atoms with Crippen LogP contribution in [-0.4, -0.2) is 60.4 Å². The average Bonchev–Trinajstić information content (AvgIpc) is 2.66. The van der Waals surface area contributed by atoms with E-state index in [0.717, 1.165) is 37.4 Å². The van der Waals surface area contributed by atoms with Crippen LogP contribution in [0.2, 0.25) is 0 Å². The molecule has 0 bridgehead atoms. The summed E-state index contributed by atoms with van der Waals surface area (Å²) in [5.41, 5.74) is 7.38. The summed E-state index contributed by atoms with van der Waals surface area (Å²) in [5.74, 6) is 1.05. The summed E-state index contributed by atoms with van der Waals surface area (Å²) in [6, 6.07) is 7.80. The van der Waals surface area contributed by atoms with Crippen LogP contribution in [0.3, 0.4) is 0 Å². The number of nitrogens with one attached hydrogen (secondary N) is 1. The fourth-order valence-corrected chi connectivity index (χ4v) is 3.96. The zero-order valence-corrected chi connectivity index (χ0v) is 18.8. The molecule has 0 atom stereocenters. The normalized spacial score (nSPS) is 22.2. The van der Waals surface area contributed by atoms with E-state index in [1.165, 1.54) is 12.8 Å². The van der Waals surface area contributed by atoms with Gasteiger partial charge in [0.2, 0.25) is 11.8 Å². The van der Waals surface area contributed by atoms with Crippen molar-refractivity contribution in [2.45, 2.75) is 45.1 Å². The third-order valence-electron chi connectivity index (χ3n) is 5.81. The molecule has 164 valence electrons. The Labute approximate surface area is 186 Å². The predicted octanol–water partition coefficient (Wildman–Crippen LogP) is 2.49. The summed E-state index contributed by atoms with van der Waals surface area (Å²) in [6.07, 6.45) is 5.01. The number of hydrogen-bond donors (Lipinski definition) is 2. The van der Waals surface area contributed by atoms with Gasteiger partial charge in [-0.2, -0.15) is 0 Å². The van der Waals surface area contributed by atoms with Gasteiger partial charge in [0, 0.05) is 37.9 Å². The molecule has 2 amide bonds. The van der Waals surface area contributed by atoms with Crippen LogP contribution in [0.25, 0.3) is 0 Å². The van der Waals surface area contributed by atoms with E-state index in [0.29, 0.717) is 37.8 Å². The van der Waals surface area contributed by atoms with Crippen LogP contribution in [0.15, 0.2) is 24.3 Å². The summed E-state index contributed by atoms with van der Waals surface area (Å²) >= 11 is 0. The minimum absolute atomic E-state index is 0. The zero-order chi connectivity index (χ0) is 19.2. The first-order valence-electron chi connectivity index (χ1n) is 10.1. The van der Waals surface area contributed by atoms with Crippen molar-refractivity contribution < 1.29 is 9.59 Å². The first-order valence-corrected chi connectivity index (χ1v) is 10.1. The Morgan fingerprint density at radius 3 is 2.17 bits per heavy atom. The monoisotopic (exact) mass is 444 g/mol. The summed E-state index contributed by atoms with van der Waals surface area (Å²) in [7, 11) is 0. The molecule has 6 nitrogen and oxygen atoms in total. The lowest BCUT2D eigenvalue weighted by molar-refractivity contribution is -0.132. The highest BCUT2D eigenvalue weighted by atomic mass is 35.5. The summed E-state index contributed by atoms with van der Waals surface area (Å²) < 4.78 is 0. The first-order chi connectivity index (χ1) is 13.0. The van der Waals surface area contributed by atoms with Crippen molar-refractivity contribution in [1.29, 1.82) is 0 Å². The number of piperazine rings is 1. The second kappa shape index (κ2) is 12.3. The summed E-state index contributed by atoms with van der Waals surface area (Å²) in [4.78, 5) is 28.8. The molecule has 0 spiro atoms. The summed E-state index contributed by atoms with van der Waals surface area (Å²) in [5, 5.41) is 3.19. The van der Waals surface area contributed by atoms with Gasteiger partial charge in [0.1, 0.15) is 0 Å². The predicted molar refractivity (Wildman–Crippen MR) is 122 cm³/mol. The van der Waals surface area contributed by atoms with Gasteiger partial charge in [0.05, 0.1) is 13.0 Å². The molecule has 3 rings (SSSR count). The number of hydrogen-bond acceptors (Lipinski definition) is 4. The molecule has 1 aromatic rings. The van der Waals surface area contributed by atoms with Crippen LogP contribution in [0.4, 0.5) is 5.69 Å². The van der Waals surface area contributed by atoms with E-state index in [4.69, 9.17) is 5.73 Å². The van der Waals surface area contributed by atoms with Crippen molar-refractivity contribution in [1.82, 2.24) is 15.1 Å². The molecule has 29 heavy (non-hydrogen) atoms. The van der Waals surface area contributed by atoms with Crippen molar-refractivity contribution in [2.24, 2.45) is 5.92 Å². The smallest absolute Gasteiger partial charge is 0.234 e. The fraction of sp³-hybridized carbons (Fsp3) is 0.619. The molecule has 0 radical (unpaired) electrons. The van der Waals surface area contributed by atoms with Gasteiger partial charge in [-0.25, -0.2) is 0 Å². The first kappa shape index (κ1) is 25.5. The van der Waals surface area contributed by atoms with Gasteiger partial charge in [-0.05, 0) is 49.3 Å². The molecular formula is C21H34Cl2N4O2. The molecule has 1 aromatic carbocycles. The topological polar surface area (TPSA) is 78.7 Å². The minimum Gasteiger partial charge on any atom is -0.399 e. The van der Waals surface area contributed by atoms with Gasteiger partial charge in [-0.3, -0.25) is 14.5 Å². The molecule has 2 fully saturated rings. The molecular weight excluding hydrogens is 411 g/mol. The molecule has 1 saturated heterocycles. The quantitative estimate of drug-likeness (QED) is 0.683. The zero-order valence-electron chi connectivity index (χ0n) is 17.1. The molecule has 1 saturated carbocycles. The Hall–Kier alpha value is -1.50. The van der Waals surface area contributed by atoms with Crippen LogP contribution in [0.1, 0.15) is 38.2 Å². The highest BCUT2D eigenvalue weighted by Gasteiger charge is 2.24. The molecule has 3 N–H and O–H groups in total. The Kier molecular flexibility index (Phi) is 10.8. The molecule has 1 heterocycles. The van der Waals surface area contributed by atoms with Crippen LogP contribution in [-0.2, 0) is 16.0 Å². The molecule has 1 aliphatic carbocycles. The van der Waals surface area contributed by atoms with E-state index in [1.54, 1.807) is 0 Å². The third-order valence-corrected chi connectivity index (χ3v) is 5.81. The van der Waals surface area contributed by atoms with Gasteiger partial charge in [-0.1, -0.05) is 19.1 Å². The van der Waals surface area contributed by atoms with Crippen molar-refractivity contribution in [3.05, 3.63) is 29.8 Å². The van der Waals surface area contributed by atoms with Gasteiger partial charge in [-0.15, -0.1) is 24.8 Å². The summed E-state index contributed by atoms with van der Waals surface area (Å²) in [6.45, 7) is 5.59. The molecule has 2 aliphatic rings. The van der Waals surface area contributed by atoms with Gasteiger partial charge >= 0.3 is 0 Å². The lowest BCUT2D eigenvalue weighted by Crippen LogP contribution is -2.52. The molecule has 0 unspecified atom stereocenters. The second-order valence-electron chi connectivity index (χ2n) is 8.10. The number of anilines is 1. The molecule has 1 aliphatic heterocycles. The number of nitrogens with two attached hydrogens (primary N) is 1. The highest BCUT2D eigenvalue weighted by molar-refractivity contribution is 5.85. The van der Waals surface area contributed by atoms with E-state index < -0.39 is 0 Å². The average molecular weight is 445 g/mol. The largest absolute Gasteiger partial charge is 0.399 e. The number of carbonyl (C=O) groups excluding carboxylic acids is 2. The maximum atomic E-state index is 12.5. The molecule has 0 aromatic heterocycles. The van der Waals surface area contributed by atoms with E-state index >= 15 is 0 Å². The van der Waals surface area contributed by atoms with Gasteiger partial charge < -0.3 is 16.0 Å². The lowest BCUT2D eigenvalue weighted by atomic mass is 9.87. The highest BCUT2D eigenvalue weighted by Crippen LogP contribution is 2.23. The Balaban J connectivity index is 0.00000210. The van der Waals surface area contributed by atoms with Crippen molar-refractivity contribution in [3.63, 3.8) is 0 Å². The van der Waals surface area contributed by atoms with Crippen molar-refractivity contribution in [3.8, 4) is 0 Å². The fourth-order valence-electron chi connectivity index (χ4n) is 3.96. The molecule has 8 heteroatoms. The second-order valence-corrected chi connectivity index (χ2v) is 8.10. The van der Waals surface area contributed by atoms with E-state index in [-0.39, 0.29) is 36.6 Å². The Morgan fingerprint density at radius 1 is 1.00 bits per heavy atom. The number of amides is 2. The van der Waals surface area contributed by atoms with Gasteiger partial charge in [0.15, 0.2) is 0 Å². The number of nitrogens with zero attached hydrogens (tertiary/aromatic N) is 2. The van der Waals surface area contributed by atoms with Crippen molar-refractivity contribution >= 4 is 42.3 Å². The van der Waals surface area contributed by atoms with Crippen LogP contribution in [0.5, 0.6) is 0 Å². The van der Waals surface area contributed by atoms with E-state index in [1.807, 2.05) is 29.2 Å². The number of carbonyl (C=O) groups is 2. The van der Waals surface area contributed by atoms with Crippen LogP contribution < -0.4 is 11.1 Å². The standard InChI is InChI=1S/C21H32N4O2.2ClH/c1-16-2-8-19(9-3-16)23-20(26)15-24-10-12-25(13-11-24)21(27)14-17-4-6-18(22)7-5-17;;/h4-7,16,19H,2-3,8-15,22H2,1H3,(H,23,26);2*1H. The van der Waals surface area contributed by atoms with Gasteiger partial charge in [0.25, 0.3) is 0 Å². The number of halogens is 2. The Morgan fingerprint density at radius 2 is 1.59 bits per heavy atom. The number of rotatable bonds is 5. The number of nitrogen functional groups attached to an aromatic ring is 1. The Bertz CT molecular complexity index is 641. The number of benzene rings is 1. The SMILES string of the molecule is CC1CCC(NC(=O)CN2CCN(C(=O)Cc3ccc(N)cc3)CC2)CC1.Cl.Cl. The third kappa shape index (κ3) is 8.03. The lowest BCUT2D eigenvalue weighted by Gasteiger charge is -2.35. The van der Waals surface area contributed by atoms with Crippen LogP contribution in [0, 0.1) is 5.92 Å². The maximum absolute atomic E-state index is 12.5. The van der Waals surface area contributed by atoms with E-state index in [2.05, 4.69) is 17.1 Å². The van der Waals surface area contributed by atoms with E-state index in [9.17, 15) is 9.59 Å². The van der Waals surface area contributed by atoms with Crippen molar-refractivity contribution in [2.75, 3.05) is 38.5 Å². The minimum atomic E-state index is 0. The maximum Gasteiger partial charge on any atom is 0.234 e. The van der Waals surface area contributed by atoms with Crippen LogP contribution >= 0.6 is 24.8 Å².